The molecule has 0 aliphatic carbocycles. The van der Waals surface area contributed by atoms with E-state index in [1.807, 2.05) is 40.1 Å². The van der Waals surface area contributed by atoms with Gasteiger partial charge in [-0.2, -0.15) is 4.31 Å². The number of aromatic nitrogens is 1. The molecule has 7 rings (SSSR count). The summed E-state index contributed by atoms with van der Waals surface area (Å²) in [5.74, 6) is -0.662. The van der Waals surface area contributed by atoms with E-state index in [2.05, 4.69) is 20.5 Å². The van der Waals surface area contributed by atoms with Crippen molar-refractivity contribution in [1.29, 1.82) is 0 Å². The topological polar surface area (TPSA) is 202 Å². The number of halogens is 1. The fourth-order valence-corrected chi connectivity index (χ4v) is 10.9. The highest BCUT2D eigenvalue weighted by atomic mass is 35.5. The van der Waals surface area contributed by atoms with Crippen LogP contribution in [0.3, 0.4) is 0 Å². The van der Waals surface area contributed by atoms with Crippen LogP contribution in [0.25, 0.3) is 11.1 Å². The SMILES string of the molecule is CCN(CC)S(=O)(=O)c1ccc(OCCCC(=O)N2CCN(CC3CCN(C(=O)c4ccc(Cl)c(N5CCC(=O)NC5=O)c4)CC3)CC2)c(NC(=O)c2[nH]c(C)c(C(C)=O)c2-c2ccccc2)c1. The molecule has 4 heterocycles. The molecule has 3 aromatic carbocycles. The molecule has 4 aromatic rings. The van der Waals surface area contributed by atoms with Crippen molar-refractivity contribution in [2.45, 2.75) is 64.7 Å². The molecule has 17 nitrogen and oxygen atoms in total. The summed E-state index contributed by atoms with van der Waals surface area (Å²) in [6.45, 7) is 12.2. The number of amides is 6. The zero-order chi connectivity index (χ0) is 48.7. The van der Waals surface area contributed by atoms with Gasteiger partial charge in [0, 0.05) is 101 Å². The van der Waals surface area contributed by atoms with E-state index in [4.69, 9.17) is 16.3 Å². The normalized spacial score (nSPS) is 16.2. The largest absolute Gasteiger partial charge is 0.491 e. The van der Waals surface area contributed by atoms with Crippen molar-refractivity contribution in [3.8, 4) is 16.9 Å². The lowest BCUT2D eigenvalue weighted by molar-refractivity contribution is -0.133. The molecule has 0 saturated carbocycles. The number of Topliss-reactive ketones (excluding diaryl/α,β-unsaturated/α-hetero) is 1. The average Bonchev–Trinajstić information content (AvgIpc) is 3.69. The summed E-state index contributed by atoms with van der Waals surface area (Å²) in [7, 11) is -3.91. The zero-order valence-electron chi connectivity index (χ0n) is 38.9. The van der Waals surface area contributed by atoms with Gasteiger partial charge in [-0.15, -0.1) is 0 Å². The number of sulfonamides is 1. The lowest BCUT2D eigenvalue weighted by Crippen LogP contribution is -2.50. The van der Waals surface area contributed by atoms with Crippen LogP contribution >= 0.6 is 11.6 Å². The highest BCUT2D eigenvalue weighted by Gasteiger charge is 2.31. The van der Waals surface area contributed by atoms with Gasteiger partial charge in [0.15, 0.2) is 5.78 Å². The Morgan fingerprint density at radius 3 is 2.25 bits per heavy atom. The Kier molecular flexibility index (Phi) is 16.0. The molecule has 3 aliphatic rings. The first-order valence-electron chi connectivity index (χ1n) is 23.2. The summed E-state index contributed by atoms with van der Waals surface area (Å²) in [6, 6.07) is 17.7. The Hall–Kier alpha value is -6.08. The maximum Gasteiger partial charge on any atom is 0.328 e. The summed E-state index contributed by atoms with van der Waals surface area (Å²) in [5.41, 5.74) is 3.10. The van der Waals surface area contributed by atoms with Crippen molar-refractivity contribution in [3.05, 3.63) is 94.3 Å². The molecule has 3 N–H and O–H groups in total. The third-order valence-corrected chi connectivity index (χ3v) is 15.2. The number of carbonyl (C=O) groups is 6. The van der Waals surface area contributed by atoms with Crippen LogP contribution < -0.4 is 20.3 Å². The number of ether oxygens (including phenoxy) is 1. The lowest BCUT2D eigenvalue weighted by Gasteiger charge is -2.39. The van der Waals surface area contributed by atoms with E-state index in [0.29, 0.717) is 77.2 Å². The number of nitrogens with one attached hydrogen (secondary N) is 3. The number of hydrogen-bond donors (Lipinski definition) is 3. The minimum Gasteiger partial charge on any atom is -0.491 e. The highest BCUT2D eigenvalue weighted by molar-refractivity contribution is 7.89. The summed E-state index contributed by atoms with van der Waals surface area (Å²) in [6.07, 6.45) is 2.43. The molecule has 0 spiro atoms. The van der Waals surface area contributed by atoms with E-state index in [9.17, 15) is 37.2 Å². The minimum atomic E-state index is -3.91. The molecule has 19 heteroatoms. The van der Waals surface area contributed by atoms with Crippen LogP contribution in [-0.2, 0) is 19.6 Å². The Morgan fingerprint density at radius 2 is 1.59 bits per heavy atom. The second-order valence-corrected chi connectivity index (χ2v) is 19.6. The third kappa shape index (κ3) is 11.3. The van der Waals surface area contributed by atoms with Gasteiger partial charge in [-0.1, -0.05) is 55.8 Å². The first-order valence-corrected chi connectivity index (χ1v) is 25.0. The van der Waals surface area contributed by atoms with Crippen LogP contribution in [0.15, 0.2) is 71.6 Å². The van der Waals surface area contributed by atoms with E-state index in [1.165, 1.54) is 34.3 Å². The number of H-pyrrole nitrogens is 1. The van der Waals surface area contributed by atoms with Crippen molar-refractivity contribution in [2.24, 2.45) is 5.92 Å². The molecule has 6 amide bonds. The first-order chi connectivity index (χ1) is 32.6. The van der Waals surface area contributed by atoms with Crippen LogP contribution in [-0.4, -0.2) is 140 Å². The van der Waals surface area contributed by atoms with Crippen LogP contribution in [0.4, 0.5) is 16.2 Å². The van der Waals surface area contributed by atoms with Gasteiger partial charge in [-0.05, 0) is 81.0 Å². The molecular formula is C49H59ClN8O9S. The number of aryl methyl sites for hydroxylation is 1. The number of piperidine rings is 1. The van der Waals surface area contributed by atoms with Gasteiger partial charge >= 0.3 is 6.03 Å². The Balaban J connectivity index is 0.908. The van der Waals surface area contributed by atoms with Gasteiger partial charge in [0.05, 0.1) is 27.9 Å². The quantitative estimate of drug-likeness (QED) is 0.0782. The number of carbonyl (C=O) groups excluding carboxylic acids is 6. The number of imide groups is 1. The van der Waals surface area contributed by atoms with E-state index in [-0.39, 0.29) is 84.6 Å². The number of anilines is 2. The maximum atomic E-state index is 14.1. The average molecular weight is 972 g/mol. The van der Waals surface area contributed by atoms with E-state index < -0.39 is 22.0 Å². The Morgan fingerprint density at radius 1 is 0.882 bits per heavy atom. The fourth-order valence-electron chi connectivity index (χ4n) is 9.18. The van der Waals surface area contributed by atoms with Crippen LogP contribution in [0.1, 0.15) is 89.8 Å². The van der Waals surface area contributed by atoms with Gasteiger partial charge in [-0.3, -0.25) is 39.1 Å². The van der Waals surface area contributed by atoms with Gasteiger partial charge in [0.2, 0.25) is 21.8 Å². The number of nitrogens with zero attached hydrogens (tertiary/aromatic N) is 5. The molecule has 0 atom stereocenters. The summed E-state index contributed by atoms with van der Waals surface area (Å²) in [4.78, 5) is 88.3. The molecule has 68 heavy (non-hydrogen) atoms. The number of ketones is 1. The lowest BCUT2D eigenvalue weighted by atomic mass is 9.95. The third-order valence-electron chi connectivity index (χ3n) is 12.8. The van der Waals surface area contributed by atoms with Crippen LogP contribution in [0.2, 0.25) is 5.02 Å². The molecule has 0 radical (unpaired) electrons. The molecule has 3 fully saturated rings. The predicted octanol–water partition coefficient (Wildman–Crippen LogP) is 6.43. The first kappa shape index (κ1) is 49.8. The van der Waals surface area contributed by atoms with Crippen LogP contribution in [0.5, 0.6) is 5.75 Å². The number of urea groups is 1. The van der Waals surface area contributed by atoms with Crippen molar-refractivity contribution >= 4 is 68.4 Å². The fraction of sp³-hybridized carbons (Fsp3) is 0.429. The van der Waals surface area contributed by atoms with E-state index >= 15 is 0 Å². The van der Waals surface area contributed by atoms with Crippen molar-refractivity contribution < 1.29 is 41.9 Å². The summed E-state index contributed by atoms with van der Waals surface area (Å²) >= 11 is 6.40. The zero-order valence-corrected chi connectivity index (χ0v) is 40.5. The van der Waals surface area contributed by atoms with E-state index in [1.54, 1.807) is 39.0 Å². The number of piperazine rings is 1. The van der Waals surface area contributed by atoms with Crippen LogP contribution in [0, 0.1) is 12.8 Å². The number of aromatic amines is 1. The van der Waals surface area contributed by atoms with Gasteiger partial charge in [-0.25, -0.2) is 13.2 Å². The standard InChI is InChI=1S/C49H59ClN8O9S/c1-5-57(6-2)68(65,66)37-15-17-41(39(30-37)52-47(62)46-45(35-11-8-7-9-12-35)44(33(4)59)32(3)51-46)67-28-10-13-43(61)55-26-24-54(25-27-55)31-34-18-21-56(22-19-34)48(63)36-14-16-38(50)40(29-36)58-23-20-42(60)53-49(58)64/h7-9,11-12,14-17,29-30,34,51H,5-6,10,13,18-28,31H2,1-4H3,(H,52,62)(H,53,60,64). The number of rotatable bonds is 17. The molecule has 3 aliphatic heterocycles. The van der Waals surface area contributed by atoms with Gasteiger partial charge in [0.1, 0.15) is 11.4 Å². The Bertz CT molecular complexity index is 2660. The summed E-state index contributed by atoms with van der Waals surface area (Å²) < 4.78 is 34.6. The maximum absolute atomic E-state index is 14.1. The molecule has 1 aromatic heterocycles. The van der Waals surface area contributed by atoms with Gasteiger partial charge in [0.25, 0.3) is 11.8 Å². The molecule has 0 unspecified atom stereocenters. The molecular weight excluding hydrogens is 912 g/mol. The molecule has 0 bridgehead atoms. The predicted molar refractivity (Wildman–Crippen MR) is 259 cm³/mol. The van der Waals surface area contributed by atoms with Crippen molar-refractivity contribution in [1.82, 2.24) is 29.3 Å². The highest BCUT2D eigenvalue weighted by Crippen LogP contribution is 2.35. The molecule has 362 valence electrons. The second-order valence-electron chi connectivity index (χ2n) is 17.3. The molecule has 3 saturated heterocycles. The number of likely N-dealkylation sites (tertiary alicyclic amines) is 1. The van der Waals surface area contributed by atoms with Gasteiger partial charge < -0.3 is 24.8 Å². The van der Waals surface area contributed by atoms with Crippen molar-refractivity contribution in [2.75, 3.05) is 82.3 Å². The van der Waals surface area contributed by atoms with Crippen molar-refractivity contribution in [3.63, 3.8) is 0 Å². The second kappa shape index (κ2) is 21.9. The minimum absolute atomic E-state index is 0.00542. The number of benzene rings is 3. The summed E-state index contributed by atoms with van der Waals surface area (Å²) in [5, 5.41) is 5.47. The monoisotopic (exact) mass is 970 g/mol. The van der Waals surface area contributed by atoms with E-state index in [0.717, 1.165) is 32.5 Å². The smallest absolute Gasteiger partial charge is 0.328 e. The number of hydrogen-bond acceptors (Lipinski definition) is 10. The Labute approximate surface area is 402 Å².